The third kappa shape index (κ3) is 9.20. The molecule has 0 unspecified atom stereocenters. The Morgan fingerprint density at radius 3 is 2.42 bits per heavy atom. The zero-order valence-electron chi connectivity index (χ0n) is 19.6. The molecule has 2 aromatic rings. The van der Waals surface area contributed by atoms with Crippen LogP contribution >= 0.6 is 0 Å². The summed E-state index contributed by atoms with van der Waals surface area (Å²) >= 11 is 0. The van der Waals surface area contributed by atoms with Crippen molar-refractivity contribution in [3.05, 3.63) is 59.7 Å². The fourth-order valence-electron chi connectivity index (χ4n) is 2.67. The van der Waals surface area contributed by atoms with Gasteiger partial charge >= 0.3 is 6.09 Å². The van der Waals surface area contributed by atoms with Gasteiger partial charge in [0.2, 0.25) is 0 Å². The summed E-state index contributed by atoms with van der Waals surface area (Å²) < 4.78 is 21.4. The minimum Gasteiger partial charge on any atom is -0.497 e. The highest BCUT2D eigenvalue weighted by Crippen LogP contribution is 2.23. The molecule has 0 bridgehead atoms. The maximum atomic E-state index is 12.7. The van der Waals surface area contributed by atoms with E-state index in [0.717, 1.165) is 5.56 Å². The van der Waals surface area contributed by atoms with Crippen molar-refractivity contribution in [1.29, 1.82) is 0 Å². The smallest absolute Gasteiger partial charge is 0.408 e. The van der Waals surface area contributed by atoms with E-state index in [-0.39, 0.29) is 13.2 Å². The first-order valence-corrected chi connectivity index (χ1v) is 10.4. The van der Waals surface area contributed by atoms with Crippen LogP contribution in [0.4, 0.5) is 4.79 Å². The number of nitrogens with zero attached hydrogens (tertiary/aromatic N) is 1. The number of hydrazone groups is 1. The summed E-state index contributed by atoms with van der Waals surface area (Å²) in [4.78, 5) is 24.9. The molecule has 9 heteroatoms. The molecule has 1 atom stereocenters. The summed E-state index contributed by atoms with van der Waals surface area (Å²) in [5, 5.41) is 6.51. The van der Waals surface area contributed by atoms with Gasteiger partial charge in [0.25, 0.3) is 5.91 Å². The minimum absolute atomic E-state index is 0.0681. The van der Waals surface area contributed by atoms with Gasteiger partial charge in [-0.15, -0.1) is 0 Å². The Kier molecular flexibility index (Phi) is 9.68. The van der Waals surface area contributed by atoms with Crippen molar-refractivity contribution in [3.8, 4) is 11.5 Å². The van der Waals surface area contributed by atoms with Crippen LogP contribution in [0.2, 0.25) is 0 Å². The van der Waals surface area contributed by atoms with Crippen LogP contribution in [0.25, 0.3) is 0 Å². The first kappa shape index (κ1) is 25.7. The fourth-order valence-corrected chi connectivity index (χ4v) is 2.67. The normalized spacial score (nSPS) is 12.2. The topological polar surface area (TPSA) is 107 Å². The highest BCUT2D eigenvalue weighted by Gasteiger charge is 2.24. The lowest BCUT2D eigenvalue weighted by Crippen LogP contribution is -2.49. The molecule has 0 aliphatic rings. The average Bonchev–Trinajstić information content (AvgIpc) is 2.78. The van der Waals surface area contributed by atoms with E-state index in [2.05, 4.69) is 15.8 Å². The van der Waals surface area contributed by atoms with E-state index in [1.54, 1.807) is 46.1 Å². The van der Waals surface area contributed by atoms with Gasteiger partial charge in [0, 0.05) is 11.6 Å². The van der Waals surface area contributed by atoms with Gasteiger partial charge in [-0.25, -0.2) is 10.2 Å². The summed E-state index contributed by atoms with van der Waals surface area (Å²) in [5.74, 6) is 0.602. The zero-order chi connectivity index (χ0) is 24.3. The first-order chi connectivity index (χ1) is 15.7. The highest BCUT2D eigenvalue weighted by molar-refractivity contribution is 5.88. The van der Waals surface area contributed by atoms with Crippen molar-refractivity contribution in [1.82, 2.24) is 10.7 Å². The second kappa shape index (κ2) is 12.4. The molecule has 2 aromatic carbocycles. The summed E-state index contributed by atoms with van der Waals surface area (Å²) in [7, 11) is 3.08. The molecule has 0 saturated carbocycles. The van der Waals surface area contributed by atoms with Gasteiger partial charge in [-0.2, -0.15) is 5.10 Å². The number of rotatable bonds is 10. The lowest BCUT2D eigenvalue weighted by Gasteiger charge is -2.22. The van der Waals surface area contributed by atoms with Gasteiger partial charge in [-0.1, -0.05) is 30.3 Å². The lowest BCUT2D eigenvalue weighted by atomic mass is 10.2. The number of alkyl carbamates (subject to hydrolysis) is 1. The van der Waals surface area contributed by atoms with Crippen molar-refractivity contribution in [2.24, 2.45) is 5.10 Å². The monoisotopic (exact) mass is 457 g/mol. The molecule has 33 heavy (non-hydrogen) atoms. The molecule has 178 valence electrons. The molecular weight excluding hydrogens is 426 g/mol. The summed E-state index contributed by atoms with van der Waals surface area (Å²) in [6.45, 7) is 5.43. The van der Waals surface area contributed by atoms with Crippen molar-refractivity contribution >= 4 is 18.2 Å². The van der Waals surface area contributed by atoms with Crippen LogP contribution in [0.15, 0.2) is 53.6 Å². The van der Waals surface area contributed by atoms with Crippen LogP contribution in [-0.4, -0.2) is 50.7 Å². The van der Waals surface area contributed by atoms with Gasteiger partial charge in [0.1, 0.15) is 23.1 Å². The summed E-state index contributed by atoms with van der Waals surface area (Å²) in [6, 6.07) is 13.7. The Bertz CT molecular complexity index is 941. The van der Waals surface area contributed by atoms with E-state index in [9.17, 15) is 9.59 Å². The number of nitrogens with one attached hydrogen (secondary N) is 2. The van der Waals surface area contributed by atoms with Gasteiger partial charge < -0.3 is 24.3 Å². The predicted molar refractivity (Wildman–Crippen MR) is 125 cm³/mol. The van der Waals surface area contributed by atoms with E-state index >= 15 is 0 Å². The number of ether oxygens (including phenoxy) is 4. The molecule has 0 radical (unpaired) electrons. The van der Waals surface area contributed by atoms with E-state index in [4.69, 9.17) is 18.9 Å². The van der Waals surface area contributed by atoms with E-state index in [0.29, 0.717) is 17.1 Å². The zero-order valence-corrected chi connectivity index (χ0v) is 19.6. The highest BCUT2D eigenvalue weighted by atomic mass is 16.6. The molecule has 0 aliphatic heterocycles. The maximum absolute atomic E-state index is 12.7. The number of carbonyl (C=O) groups is 2. The fraction of sp³-hybridized carbons (Fsp3) is 0.375. The molecule has 9 nitrogen and oxygen atoms in total. The van der Waals surface area contributed by atoms with Crippen LogP contribution in [0.1, 0.15) is 31.9 Å². The third-order valence-corrected chi connectivity index (χ3v) is 4.22. The molecule has 2 amide bonds. The van der Waals surface area contributed by atoms with E-state index in [1.807, 2.05) is 30.3 Å². The number of hydrogen-bond acceptors (Lipinski definition) is 7. The second-order valence-electron chi connectivity index (χ2n) is 8.04. The Balaban J connectivity index is 2.03. The third-order valence-electron chi connectivity index (χ3n) is 4.22. The quantitative estimate of drug-likeness (QED) is 0.419. The van der Waals surface area contributed by atoms with Crippen LogP contribution in [0.5, 0.6) is 11.5 Å². The largest absolute Gasteiger partial charge is 0.497 e. The predicted octanol–water partition coefficient (Wildman–Crippen LogP) is 3.26. The summed E-state index contributed by atoms with van der Waals surface area (Å²) in [6.07, 6.45) is 0.706. The number of benzene rings is 2. The number of carbonyl (C=O) groups excluding carboxylic acids is 2. The Morgan fingerprint density at radius 1 is 1.06 bits per heavy atom. The van der Waals surface area contributed by atoms with Crippen LogP contribution in [-0.2, 0) is 20.9 Å². The first-order valence-electron chi connectivity index (χ1n) is 10.4. The molecule has 2 rings (SSSR count). The SMILES string of the molecule is COc1ccc(/C=N\NC(=O)[C@H](COCc2ccccc2)NC(=O)OC(C)(C)C)c(OC)c1. The molecule has 0 aliphatic carbocycles. The number of hydrogen-bond donors (Lipinski definition) is 2. The van der Waals surface area contributed by atoms with Crippen LogP contribution in [0.3, 0.4) is 0 Å². The molecule has 2 N–H and O–H groups in total. The van der Waals surface area contributed by atoms with Gasteiger partial charge in [0.15, 0.2) is 0 Å². The second-order valence-corrected chi connectivity index (χ2v) is 8.04. The Hall–Kier alpha value is -3.59. The summed E-state index contributed by atoms with van der Waals surface area (Å²) in [5.41, 5.74) is 3.29. The maximum Gasteiger partial charge on any atom is 0.408 e. The average molecular weight is 458 g/mol. The standard InChI is InChI=1S/C24H31N3O6/c1-24(2,3)33-23(29)26-20(16-32-15-17-9-7-6-8-10-17)22(28)27-25-14-18-11-12-19(30-4)13-21(18)31-5/h6-14,20H,15-16H2,1-5H3,(H,26,29)(H,27,28)/b25-14-/t20-/m0/s1. The van der Waals surface area contributed by atoms with Crippen molar-refractivity contribution < 1.29 is 28.5 Å². The number of amides is 2. The molecule has 0 spiro atoms. The van der Waals surface area contributed by atoms with Crippen molar-refractivity contribution in [3.63, 3.8) is 0 Å². The van der Waals surface area contributed by atoms with E-state index < -0.39 is 23.6 Å². The van der Waals surface area contributed by atoms with Gasteiger partial charge in [-0.05, 0) is 38.5 Å². The molecule has 0 saturated heterocycles. The number of methoxy groups -OCH3 is 2. The van der Waals surface area contributed by atoms with Crippen LogP contribution in [0, 0.1) is 0 Å². The van der Waals surface area contributed by atoms with Gasteiger partial charge in [0.05, 0.1) is 33.6 Å². The molecular formula is C24H31N3O6. The minimum atomic E-state index is -1.02. The molecule has 0 aromatic heterocycles. The van der Waals surface area contributed by atoms with Crippen LogP contribution < -0.4 is 20.2 Å². The van der Waals surface area contributed by atoms with Crippen molar-refractivity contribution in [2.45, 2.75) is 39.0 Å². The lowest BCUT2D eigenvalue weighted by molar-refractivity contribution is -0.124. The van der Waals surface area contributed by atoms with Crippen molar-refractivity contribution in [2.75, 3.05) is 20.8 Å². The Morgan fingerprint density at radius 2 is 1.79 bits per heavy atom. The molecule has 0 heterocycles. The Labute approximate surface area is 194 Å². The molecule has 0 fully saturated rings. The van der Waals surface area contributed by atoms with Gasteiger partial charge in [-0.3, -0.25) is 4.79 Å². The van der Waals surface area contributed by atoms with E-state index in [1.165, 1.54) is 13.3 Å².